The van der Waals surface area contributed by atoms with Gasteiger partial charge in [-0.3, -0.25) is 4.79 Å². The molecule has 3 aliphatic heterocycles. The zero-order valence-corrected chi connectivity index (χ0v) is 22.1. The number of aliphatic hydroxyl groups excluding tert-OH is 9. The lowest BCUT2D eigenvalue weighted by Crippen LogP contribution is -2.69. The van der Waals surface area contributed by atoms with E-state index < -0.39 is 118 Å². The van der Waals surface area contributed by atoms with E-state index in [1.807, 2.05) is 6.92 Å². The smallest absolute Gasteiger partial charge is 0.217 e. The standard InChI is InChI=1S/C23H41NO16/c1-3-4-35-22-18(34)16(32)20(11(7-27)38-22)39-21-12(24-8(2)28)14(30)19(10(6-26)37-21)40-23-17(33)15(31)13(29)9(5-25)36-23/h9-23,25-27,29-34H,3-7H2,1-2H3,(H,24,28). The second kappa shape index (κ2) is 14.9. The van der Waals surface area contributed by atoms with E-state index >= 15 is 0 Å². The van der Waals surface area contributed by atoms with E-state index in [0.29, 0.717) is 6.42 Å². The number of aliphatic hydroxyl groups is 9. The first-order chi connectivity index (χ1) is 19.0. The number of ether oxygens (including phenoxy) is 6. The van der Waals surface area contributed by atoms with Gasteiger partial charge in [0.15, 0.2) is 18.9 Å². The molecular formula is C23H41NO16. The Morgan fingerprint density at radius 2 is 1.18 bits per heavy atom. The maximum Gasteiger partial charge on any atom is 0.217 e. The van der Waals surface area contributed by atoms with E-state index in [0.717, 1.165) is 6.92 Å². The van der Waals surface area contributed by atoms with E-state index in [4.69, 9.17) is 28.4 Å². The predicted molar refractivity (Wildman–Crippen MR) is 127 cm³/mol. The molecule has 0 aliphatic carbocycles. The molecule has 0 aromatic heterocycles. The van der Waals surface area contributed by atoms with E-state index in [1.54, 1.807) is 0 Å². The number of carbonyl (C=O) groups is 1. The van der Waals surface area contributed by atoms with Crippen LogP contribution in [0.25, 0.3) is 0 Å². The molecule has 40 heavy (non-hydrogen) atoms. The molecule has 0 aromatic carbocycles. The summed E-state index contributed by atoms with van der Waals surface area (Å²) in [6, 6.07) is -1.44. The monoisotopic (exact) mass is 587 g/mol. The first-order valence-corrected chi connectivity index (χ1v) is 13.1. The number of hydrogen-bond donors (Lipinski definition) is 10. The topological polar surface area (TPSA) is 267 Å². The minimum Gasteiger partial charge on any atom is -0.394 e. The van der Waals surface area contributed by atoms with E-state index in [-0.39, 0.29) is 6.61 Å². The Kier molecular flexibility index (Phi) is 12.4. The molecule has 0 bridgehead atoms. The third-order valence-corrected chi connectivity index (χ3v) is 6.96. The number of rotatable bonds is 11. The molecule has 0 radical (unpaired) electrons. The average molecular weight is 588 g/mol. The highest BCUT2D eigenvalue weighted by Gasteiger charge is 2.54. The zero-order valence-electron chi connectivity index (χ0n) is 22.1. The fourth-order valence-corrected chi connectivity index (χ4v) is 4.82. The molecule has 0 spiro atoms. The molecule has 0 aromatic rings. The Morgan fingerprint density at radius 1 is 0.675 bits per heavy atom. The largest absolute Gasteiger partial charge is 0.394 e. The molecule has 3 fully saturated rings. The van der Waals surface area contributed by atoms with Gasteiger partial charge in [0.25, 0.3) is 0 Å². The summed E-state index contributed by atoms with van der Waals surface area (Å²) in [7, 11) is 0. The van der Waals surface area contributed by atoms with Crippen molar-refractivity contribution in [2.75, 3.05) is 26.4 Å². The molecule has 1 amide bonds. The van der Waals surface area contributed by atoms with Gasteiger partial charge in [0.1, 0.15) is 73.2 Å². The van der Waals surface area contributed by atoms with Gasteiger partial charge < -0.3 is 79.7 Å². The second-order valence-corrected chi connectivity index (χ2v) is 9.92. The van der Waals surface area contributed by atoms with Crippen LogP contribution in [0.5, 0.6) is 0 Å². The lowest BCUT2D eigenvalue weighted by atomic mass is 9.94. The van der Waals surface area contributed by atoms with Crippen molar-refractivity contribution < 1.29 is 79.2 Å². The maximum atomic E-state index is 12.0. The Balaban J connectivity index is 1.81. The lowest BCUT2D eigenvalue weighted by Gasteiger charge is -2.49. The van der Waals surface area contributed by atoms with Gasteiger partial charge in [-0.15, -0.1) is 0 Å². The molecule has 3 heterocycles. The third-order valence-electron chi connectivity index (χ3n) is 6.96. The normalized spacial score (nSPS) is 46.2. The van der Waals surface area contributed by atoms with E-state index in [9.17, 15) is 50.8 Å². The fourth-order valence-electron chi connectivity index (χ4n) is 4.82. The molecular weight excluding hydrogens is 546 g/mol. The quantitative estimate of drug-likeness (QED) is 0.108. The molecule has 3 rings (SSSR count). The number of nitrogens with one attached hydrogen (secondary N) is 1. The highest BCUT2D eigenvalue weighted by molar-refractivity contribution is 5.73. The van der Waals surface area contributed by atoms with Crippen molar-refractivity contribution in [1.29, 1.82) is 0 Å². The number of hydrogen-bond acceptors (Lipinski definition) is 16. The summed E-state index contributed by atoms with van der Waals surface area (Å²) >= 11 is 0. The van der Waals surface area contributed by atoms with Crippen molar-refractivity contribution in [2.24, 2.45) is 0 Å². The Labute approximate surface area is 229 Å². The summed E-state index contributed by atoms with van der Waals surface area (Å²) in [6.07, 6.45) is -21.2. The summed E-state index contributed by atoms with van der Waals surface area (Å²) < 4.78 is 33.4. The fraction of sp³-hybridized carbons (Fsp3) is 0.957. The predicted octanol–water partition coefficient (Wildman–Crippen LogP) is -5.99. The lowest BCUT2D eigenvalue weighted by molar-refractivity contribution is -0.367. The van der Waals surface area contributed by atoms with Crippen molar-refractivity contribution in [3.8, 4) is 0 Å². The maximum absolute atomic E-state index is 12.0. The molecule has 15 atom stereocenters. The first kappa shape index (κ1) is 33.4. The van der Waals surface area contributed by atoms with Crippen molar-refractivity contribution >= 4 is 5.91 Å². The molecule has 3 saturated heterocycles. The van der Waals surface area contributed by atoms with Gasteiger partial charge >= 0.3 is 0 Å². The summed E-state index contributed by atoms with van der Waals surface area (Å²) in [5.74, 6) is -0.650. The molecule has 15 unspecified atom stereocenters. The van der Waals surface area contributed by atoms with Gasteiger partial charge in [-0.05, 0) is 6.42 Å². The van der Waals surface area contributed by atoms with Crippen LogP contribution in [-0.4, -0.2) is 170 Å². The minimum absolute atomic E-state index is 0.203. The summed E-state index contributed by atoms with van der Waals surface area (Å²) in [5.41, 5.74) is 0. The summed E-state index contributed by atoms with van der Waals surface area (Å²) in [6.45, 7) is 0.942. The Bertz CT molecular complexity index is 790. The van der Waals surface area contributed by atoms with Crippen LogP contribution in [0.3, 0.4) is 0 Å². The summed E-state index contributed by atoms with van der Waals surface area (Å²) in [5, 5.41) is 94.6. The Morgan fingerprint density at radius 3 is 1.73 bits per heavy atom. The van der Waals surface area contributed by atoms with Crippen LogP contribution in [0, 0.1) is 0 Å². The molecule has 3 aliphatic rings. The van der Waals surface area contributed by atoms with Gasteiger partial charge in [0.05, 0.1) is 19.8 Å². The van der Waals surface area contributed by atoms with Crippen LogP contribution >= 0.6 is 0 Å². The van der Waals surface area contributed by atoms with E-state index in [2.05, 4.69) is 5.32 Å². The van der Waals surface area contributed by atoms with Gasteiger partial charge in [-0.1, -0.05) is 6.92 Å². The molecule has 17 heteroatoms. The van der Waals surface area contributed by atoms with E-state index in [1.165, 1.54) is 0 Å². The molecule has 10 N–H and O–H groups in total. The van der Waals surface area contributed by atoms with Crippen molar-refractivity contribution in [1.82, 2.24) is 5.32 Å². The highest BCUT2D eigenvalue weighted by atomic mass is 16.8. The Hall–Kier alpha value is -1.13. The van der Waals surface area contributed by atoms with Crippen LogP contribution in [0.4, 0.5) is 0 Å². The minimum atomic E-state index is -1.83. The second-order valence-electron chi connectivity index (χ2n) is 9.92. The van der Waals surface area contributed by atoms with Crippen molar-refractivity contribution in [3.05, 3.63) is 0 Å². The summed E-state index contributed by atoms with van der Waals surface area (Å²) in [4.78, 5) is 12.0. The van der Waals surface area contributed by atoms with Gasteiger partial charge in [-0.2, -0.15) is 0 Å². The van der Waals surface area contributed by atoms with Crippen LogP contribution < -0.4 is 5.32 Å². The number of amides is 1. The van der Waals surface area contributed by atoms with Crippen LogP contribution in [0.15, 0.2) is 0 Å². The van der Waals surface area contributed by atoms with Gasteiger partial charge in [-0.25, -0.2) is 0 Å². The number of carbonyl (C=O) groups excluding carboxylic acids is 1. The van der Waals surface area contributed by atoms with Crippen LogP contribution in [0.1, 0.15) is 20.3 Å². The van der Waals surface area contributed by atoms with Crippen molar-refractivity contribution in [3.63, 3.8) is 0 Å². The first-order valence-electron chi connectivity index (χ1n) is 13.1. The van der Waals surface area contributed by atoms with Crippen LogP contribution in [0.2, 0.25) is 0 Å². The van der Waals surface area contributed by atoms with Gasteiger partial charge in [0.2, 0.25) is 5.91 Å². The highest BCUT2D eigenvalue weighted by Crippen LogP contribution is 2.32. The third kappa shape index (κ3) is 7.25. The zero-order chi connectivity index (χ0) is 29.7. The SMILES string of the molecule is CCCOC1OC(CO)C(OC2OC(CO)C(OC3OC(CO)C(O)C(O)C3O)C(O)C2NC(C)=O)C(O)C1O. The van der Waals surface area contributed by atoms with Crippen molar-refractivity contribution in [2.45, 2.75) is 112 Å². The molecule has 17 nitrogen and oxygen atoms in total. The average Bonchev–Trinajstić information content (AvgIpc) is 2.93. The molecule has 0 saturated carbocycles. The van der Waals surface area contributed by atoms with Crippen LogP contribution in [-0.2, 0) is 33.2 Å². The molecule has 234 valence electrons. The van der Waals surface area contributed by atoms with Gasteiger partial charge in [0, 0.05) is 13.5 Å².